The van der Waals surface area contributed by atoms with Crippen molar-refractivity contribution in [1.82, 2.24) is 15.3 Å². The summed E-state index contributed by atoms with van der Waals surface area (Å²) in [7, 11) is 0. The second-order valence-electron chi connectivity index (χ2n) is 7.02. The molecule has 2 aromatic carbocycles. The molecule has 0 fully saturated rings. The van der Waals surface area contributed by atoms with Gasteiger partial charge in [-0.2, -0.15) is 11.8 Å². The summed E-state index contributed by atoms with van der Waals surface area (Å²) < 4.78 is 0. The molecule has 0 radical (unpaired) electrons. The molecule has 0 bridgehead atoms. The van der Waals surface area contributed by atoms with Gasteiger partial charge in [-0.25, -0.2) is 9.78 Å². The van der Waals surface area contributed by atoms with E-state index >= 15 is 0 Å². The van der Waals surface area contributed by atoms with Crippen LogP contribution in [0, 0.1) is 0 Å². The van der Waals surface area contributed by atoms with Crippen molar-refractivity contribution in [3.63, 3.8) is 0 Å². The number of aromatic nitrogens is 2. The number of carbonyl (C=O) groups excluding carboxylic acids is 2. The number of nitrogens with zero attached hydrogens (tertiary/aromatic N) is 2. The second-order valence-corrected chi connectivity index (χ2v) is 8.01. The number of amides is 2. The van der Waals surface area contributed by atoms with Crippen molar-refractivity contribution in [3.8, 4) is 11.1 Å². The first-order chi connectivity index (χ1) is 15.4. The first kappa shape index (κ1) is 23.1. The Morgan fingerprint density at radius 2 is 1.94 bits per heavy atom. The Kier molecular flexibility index (Phi) is 7.67. The van der Waals surface area contributed by atoms with Gasteiger partial charge in [0, 0.05) is 18.7 Å². The Balaban J connectivity index is 2.04. The van der Waals surface area contributed by atoms with E-state index in [1.54, 1.807) is 24.4 Å². The van der Waals surface area contributed by atoms with Crippen LogP contribution in [0.25, 0.3) is 11.1 Å². The van der Waals surface area contributed by atoms with Crippen LogP contribution in [0.2, 0.25) is 0 Å². The van der Waals surface area contributed by atoms with Gasteiger partial charge < -0.3 is 15.4 Å². The summed E-state index contributed by atoms with van der Waals surface area (Å²) in [4.78, 5) is 45.5. The number of aliphatic carboxylic acids is 1. The van der Waals surface area contributed by atoms with E-state index in [2.05, 4.69) is 15.3 Å². The highest BCUT2D eigenvalue weighted by Gasteiger charge is 2.24. The summed E-state index contributed by atoms with van der Waals surface area (Å²) in [5, 5.41) is 12.1. The molecule has 0 aliphatic carbocycles. The number of thioether (sulfide) groups is 1. The number of carboxylic acids is 1. The highest BCUT2D eigenvalue weighted by atomic mass is 32.2. The van der Waals surface area contributed by atoms with Gasteiger partial charge in [-0.1, -0.05) is 30.3 Å². The third-order valence-corrected chi connectivity index (χ3v) is 5.48. The van der Waals surface area contributed by atoms with Gasteiger partial charge in [0.05, 0.1) is 12.0 Å². The maximum Gasteiger partial charge on any atom is 0.326 e. The van der Waals surface area contributed by atoms with E-state index in [9.17, 15) is 19.5 Å². The van der Waals surface area contributed by atoms with Gasteiger partial charge in [-0.15, -0.1) is 0 Å². The summed E-state index contributed by atoms with van der Waals surface area (Å²) in [6.07, 6.45) is 5.28. The van der Waals surface area contributed by atoms with Crippen molar-refractivity contribution in [1.29, 1.82) is 0 Å². The highest BCUT2D eigenvalue weighted by molar-refractivity contribution is 7.98. The van der Waals surface area contributed by atoms with Crippen molar-refractivity contribution in [2.75, 3.05) is 16.9 Å². The van der Waals surface area contributed by atoms with E-state index in [0.717, 1.165) is 5.56 Å². The molecular weight excluding hydrogens is 428 g/mol. The fraction of sp³-hybridized carbons (Fsp3) is 0.217. The maximum absolute atomic E-state index is 13.1. The zero-order valence-electron chi connectivity index (χ0n) is 17.7. The second kappa shape index (κ2) is 10.6. The smallest absolute Gasteiger partial charge is 0.326 e. The standard InChI is InChI=1S/C23H24N4O4S/c1-15(28)27(21-13-24-14-25-21)17-8-9-18(19(12-17)16-6-4-3-5-7-16)22(29)26-20(23(30)31)10-11-32-2/h3-9,12-14,20H,10-11H2,1-2H3,(H,24,25)(H,26,29)(H,30,31). The Morgan fingerprint density at radius 1 is 1.19 bits per heavy atom. The van der Waals surface area contributed by atoms with E-state index in [4.69, 9.17) is 0 Å². The molecule has 9 heteroatoms. The van der Waals surface area contributed by atoms with Gasteiger partial charge in [-0.05, 0) is 47.8 Å². The third kappa shape index (κ3) is 5.36. The molecule has 1 atom stereocenters. The number of carbonyl (C=O) groups is 3. The molecule has 3 N–H and O–H groups in total. The summed E-state index contributed by atoms with van der Waals surface area (Å²) in [6.45, 7) is 1.43. The van der Waals surface area contributed by atoms with Gasteiger partial charge in [0.1, 0.15) is 6.04 Å². The van der Waals surface area contributed by atoms with Crippen LogP contribution in [0.3, 0.4) is 0 Å². The molecule has 1 aromatic heterocycles. The van der Waals surface area contributed by atoms with Crippen LogP contribution >= 0.6 is 11.8 Å². The third-order valence-electron chi connectivity index (χ3n) is 4.83. The average molecular weight is 453 g/mol. The summed E-state index contributed by atoms with van der Waals surface area (Å²) >= 11 is 1.52. The van der Waals surface area contributed by atoms with Crippen molar-refractivity contribution < 1.29 is 19.5 Å². The Labute approximate surface area is 190 Å². The lowest BCUT2D eigenvalue weighted by Gasteiger charge is -2.21. The van der Waals surface area contributed by atoms with Crippen LogP contribution < -0.4 is 10.2 Å². The number of benzene rings is 2. The maximum atomic E-state index is 13.1. The molecule has 3 rings (SSSR count). The number of nitrogens with one attached hydrogen (secondary N) is 2. The molecule has 0 spiro atoms. The molecule has 0 aliphatic heterocycles. The van der Waals surface area contributed by atoms with Crippen molar-refractivity contribution in [2.45, 2.75) is 19.4 Å². The Bertz CT molecular complexity index is 1090. The molecule has 1 heterocycles. The molecule has 0 saturated carbocycles. The monoisotopic (exact) mass is 452 g/mol. The molecule has 1 unspecified atom stereocenters. The zero-order chi connectivity index (χ0) is 23.1. The van der Waals surface area contributed by atoms with Crippen LogP contribution in [0.5, 0.6) is 0 Å². The highest BCUT2D eigenvalue weighted by Crippen LogP contribution is 2.32. The molecule has 0 saturated heterocycles. The number of H-pyrrole nitrogens is 1. The quantitative estimate of drug-likeness (QED) is 0.456. The lowest BCUT2D eigenvalue weighted by molar-refractivity contribution is -0.139. The number of anilines is 2. The minimum atomic E-state index is -1.08. The average Bonchev–Trinajstić information content (AvgIpc) is 3.31. The molecule has 3 aromatic rings. The molecule has 2 amide bonds. The molecule has 32 heavy (non-hydrogen) atoms. The fourth-order valence-electron chi connectivity index (χ4n) is 3.31. The van der Waals surface area contributed by atoms with E-state index in [-0.39, 0.29) is 5.91 Å². The number of aromatic amines is 1. The van der Waals surface area contributed by atoms with Crippen molar-refractivity contribution in [3.05, 3.63) is 66.6 Å². The predicted molar refractivity (Wildman–Crippen MR) is 125 cm³/mol. The largest absolute Gasteiger partial charge is 0.480 e. The number of carboxylic acid groups (broad SMARTS) is 1. The summed E-state index contributed by atoms with van der Waals surface area (Å²) in [6, 6.07) is 13.3. The topological polar surface area (TPSA) is 115 Å². The Hall–Kier alpha value is -3.59. The van der Waals surface area contributed by atoms with Crippen LogP contribution in [-0.4, -0.2) is 50.9 Å². The van der Waals surface area contributed by atoms with E-state index in [1.165, 1.54) is 29.9 Å². The summed E-state index contributed by atoms with van der Waals surface area (Å²) in [5.74, 6) is -0.767. The van der Waals surface area contributed by atoms with Gasteiger partial charge in [0.15, 0.2) is 5.82 Å². The number of rotatable bonds is 9. The minimum Gasteiger partial charge on any atom is -0.480 e. The molecule has 0 aliphatic rings. The lowest BCUT2D eigenvalue weighted by atomic mass is 9.97. The van der Waals surface area contributed by atoms with Crippen LogP contribution in [0.1, 0.15) is 23.7 Å². The summed E-state index contributed by atoms with van der Waals surface area (Å²) in [5.41, 5.74) is 2.20. The molecule has 166 valence electrons. The normalized spacial score (nSPS) is 11.6. The number of hydrogen-bond donors (Lipinski definition) is 3. The van der Waals surface area contributed by atoms with E-state index < -0.39 is 17.9 Å². The van der Waals surface area contributed by atoms with Crippen molar-refractivity contribution >= 4 is 41.1 Å². The predicted octanol–water partition coefficient (Wildman–Crippen LogP) is 3.70. The van der Waals surface area contributed by atoms with Crippen molar-refractivity contribution in [2.24, 2.45) is 0 Å². The molecular formula is C23H24N4O4S. The first-order valence-electron chi connectivity index (χ1n) is 9.94. The van der Waals surface area contributed by atoms with E-state index in [0.29, 0.717) is 34.8 Å². The van der Waals surface area contributed by atoms with Gasteiger partial charge >= 0.3 is 5.97 Å². The van der Waals surface area contributed by atoms with Crippen LogP contribution in [-0.2, 0) is 9.59 Å². The van der Waals surface area contributed by atoms with Gasteiger partial charge in [0.2, 0.25) is 5.91 Å². The molecule has 8 nitrogen and oxygen atoms in total. The number of hydrogen-bond acceptors (Lipinski definition) is 5. The van der Waals surface area contributed by atoms with Crippen LogP contribution in [0.4, 0.5) is 11.5 Å². The van der Waals surface area contributed by atoms with Gasteiger partial charge in [-0.3, -0.25) is 14.5 Å². The fourth-order valence-corrected chi connectivity index (χ4v) is 3.78. The van der Waals surface area contributed by atoms with Gasteiger partial charge in [0.25, 0.3) is 5.91 Å². The number of imidazole rings is 1. The van der Waals surface area contributed by atoms with E-state index in [1.807, 2.05) is 36.6 Å². The van der Waals surface area contributed by atoms with Crippen LogP contribution in [0.15, 0.2) is 61.1 Å². The SMILES string of the molecule is CSCCC(NC(=O)c1ccc(N(C(C)=O)c2c[nH]cn2)cc1-c1ccccc1)C(=O)O. The zero-order valence-corrected chi connectivity index (χ0v) is 18.6. The Morgan fingerprint density at radius 3 is 2.53 bits per heavy atom. The first-order valence-corrected chi connectivity index (χ1v) is 11.3. The lowest BCUT2D eigenvalue weighted by Crippen LogP contribution is -2.41. The minimum absolute atomic E-state index is 0.240.